The summed E-state index contributed by atoms with van der Waals surface area (Å²) in [6, 6.07) is 6.84. The van der Waals surface area contributed by atoms with Crippen LogP contribution in [0.3, 0.4) is 0 Å². The molecule has 1 fully saturated rings. The van der Waals surface area contributed by atoms with Gasteiger partial charge < -0.3 is 4.90 Å². The van der Waals surface area contributed by atoms with Crippen LogP contribution in [0.1, 0.15) is 18.4 Å². The molecule has 1 amide bonds. The summed E-state index contributed by atoms with van der Waals surface area (Å²) in [5.41, 5.74) is 1.02. The number of aryl methyl sites for hydroxylation is 1. The minimum absolute atomic E-state index is 0.00111. The van der Waals surface area contributed by atoms with Gasteiger partial charge in [0.15, 0.2) is 0 Å². The first-order valence-electron chi connectivity index (χ1n) is 7.10. The molecule has 2 rings (SSSR count). The molecule has 1 atom stereocenters. The molecule has 0 radical (unpaired) electrons. The predicted octanol–water partition coefficient (Wildman–Crippen LogP) is 1.48. The normalized spacial score (nSPS) is 20.2. The molecule has 5 nitrogen and oxygen atoms in total. The van der Waals surface area contributed by atoms with E-state index in [1.54, 1.807) is 38.4 Å². The van der Waals surface area contributed by atoms with Crippen molar-refractivity contribution in [3.05, 3.63) is 29.8 Å². The van der Waals surface area contributed by atoms with E-state index in [0.29, 0.717) is 11.4 Å². The van der Waals surface area contributed by atoms with E-state index in [1.165, 1.54) is 9.21 Å². The van der Waals surface area contributed by atoms with Gasteiger partial charge in [-0.25, -0.2) is 8.42 Å². The molecule has 1 aliphatic heterocycles. The van der Waals surface area contributed by atoms with Crippen LogP contribution < -0.4 is 0 Å². The maximum absolute atomic E-state index is 12.6. The average Bonchev–Trinajstić information content (AvgIpc) is 2.47. The molecule has 21 heavy (non-hydrogen) atoms. The topological polar surface area (TPSA) is 57.7 Å². The SMILES string of the molecule is Cc1ccc(S(=O)(=O)N2CCC[C@@H](C(=O)N(C)C)C2)cc1. The Morgan fingerprint density at radius 1 is 1.24 bits per heavy atom. The van der Waals surface area contributed by atoms with E-state index in [1.807, 2.05) is 6.92 Å². The van der Waals surface area contributed by atoms with Gasteiger partial charge in [0.25, 0.3) is 0 Å². The van der Waals surface area contributed by atoms with Crippen LogP contribution >= 0.6 is 0 Å². The fourth-order valence-corrected chi connectivity index (χ4v) is 4.11. The second-order valence-electron chi connectivity index (χ2n) is 5.75. The van der Waals surface area contributed by atoms with Gasteiger partial charge in [0.1, 0.15) is 0 Å². The van der Waals surface area contributed by atoms with Gasteiger partial charge in [-0.2, -0.15) is 4.31 Å². The van der Waals surface area contributed by atoms with E-state index in [0.717, 1.165) is 18.4 Å². The summed E-state index contributed by atoms with van der Waals surface area (Å²) in [5.74, 6) is -0.243. The lowest BCUT2D eigenvalue weighted by Crippen LogP contribution is -2.45. The minimum atomic E-state index is -3.51. The van der Waals surface area contributed by atoms with E-state index in [-0.39, 0.29) is 18.4 Å². The molecule has 1 aromatic rings. The smallest absolute Gasteiger partial charge is 0.243 e. The van der Waals surface area contributed by atoms with Gasteiger partial charge in [0, 0.05) is 27.2 Å². The van der Waals surface area contributed by atoms with E-state index < -0.39 is 10.0 Å². The molecule has 0 aliphatic carbocycles. The number of rotatable bonds is 3. The third-order valence-corrected chi connectivity index (χ3v) is 5.71. The first-order valence-corrected chi connectivity index (χ1v) is 8.54. The van der Waals surface area contributed by atoms with Gasteiger partial charge in [-0.15, -0.1) is 0 Å². The van der Waals surface area contributed by atoms with E-state index in [2.05, 4.69) is 0 Å². The van der Waals surface area contributed by atoms with Crippen molar-refractivity contribution < 1.29 is 13.2 Å². The highest BCUT2D eigenvalue weighted by Gasteiger charge is 2.33. The summed E-state index contributed by atoms with van der Waals surface area (Å²) in [6.07, 6.45) is 1.46. The maximum atomic E-state index is 12.6. The fourth-order valence-electron chi connectivity index (χ4n) is 2.59. The van der Waals surface area contributed by atoms with E-state index >= 15 is 0 Å². The Morgan fingerprint density at radius 2 is 1.86 bits per heavy atom. The van der Waals surface area contributed by atoms with Crippen LogP contribution in [0.15, 0.2) is 29.2 Å². The molecule has 0 saturated carbocycles. The van der Waals surface area contributed by atoms with Crippen molar-refractivity contribution in [3.63, 3.8) is 0 Å². The number of hydrogen-bond acceptors (Lipinski definition) is 3. The Kier molecular flexibility index (Phi) is 4.68. The second kappa shape index (κ2) is 6.15. The standard InChI is InChI=1S/C15H22N2O3S/c1-12-6-8-14(9-7-12)21(19,20)17-10-4-5-13(11-17)15(18)16(2)3/h6-9,13H,4-5,10-11H2,1-3H3/t13-/m1/s1. The number of nitrogens with zero attached hydrogens (tertiary/aromatic N) is 2. The molecule has 0 spiro atoms. The fraction of sp³-hybridized carbons (Fsp3) is 0.533. The summed E-state index contributed by atoms with van der Waals surface area (Å²) in [6.45, 7) is 2.67. The van der Waals surface area contributed by atoms with Crippen LogP contribution in [-0.4, -0.2) is 50.7 Å². The molecule has 6 heteroatoms. The summed E-state index contributed by atoms with van der Waals surface area (Å²) >= 11 is 0. The molecule has 116 valence electrons. The zero-order valence-electron chi connectivity index (χ0n) is 12.7. The van der Waals surface area contributed by atoms with Crippen LogP contribution in [-0.2, 0) is 14.8 Å². The van der Waals surface area contributed by atoms with Gasteiger partial charge in [-0.3, -0.25) is 4.79 Å². The number of hydrogen-bond donors (Lipinski definition) is 0. The Balaban J connectivity index is 2.20. The van der Waals surface area contributed by atoms with Crippen LogP contribution in [0.25, 0.3) is 0 Å². The molecular formula is C15H22N2O3S. The Labute approximate surface area is 126 Å². The van der Waals surface area contributed by atoms with Crippen molar-refractivity contribution in [1.29, 1.82) is 0 Å². The highest BCUT2D eigenvalue weighted by Crippen LogP contribution is 2.24. The first kappa shape index (κ1) is 16.0. The van der Waals surface area contributed by atoms with Crippen molar-refractivity contribution in [3.8, 4) is 0 Å². The summed E-state index contributed by atoms with van der Waals surface area (Å²) in [7, 11) is -0.100. The number of benzene rings is 1. The molecule has 0 unspecified atom stereocenters. The van der Waals surface area contributed by atoms with E-state index in [9.17, 15) is 13.2 Å². The first-order chi connectivity index (χ1) is 9.82. The zero-order chi connectivity index (χ0) is 15.6. The van der Waals surface area contributed by atoms with Crippen LogP contribution in [0.5, 0.6) is 0 Å². The molecule has 0 N–H and O–H groups in total. The lowest BCUT2D eigenvalue weighted by atomic mass is 9.98. The largest absolute Gasteiger partial charge is 0.349 e. The Bertz CT molecular complexity index is 608. The monoisotopic (exact) mass is 310 g/mol. The number of amides is 1. The van der Waals surface area contributed by atoms with Gasteiger partial charge in [-0.05, 0) is 31.9 Å². The summed E-state index contributed by atoms with van der Waals surface area (Å²) < 4.78 is 26.7. The molecular weight excluding hydrogens is 288 g/mol. The molecule has 0 aromatic heterocycles. The van der Waals surface area contributed by atoms with Gasteiger partial charge in [0.2, 0.25) is 15.9 Å². The lowest BCUT2D eigenvalue weighted by Gasteiger charge is -2.32. The third kappa shape index (κ3) is 3.44. The molecule has 1 aromatic carbocycles. The lowest BCUT2D eigenvalue weighted by molar-refractivity contribution is -0.134. The molecule has 1 saturated heterocycles. The molecule has 1 aliphatic rings. The predicted molar refractivity (Wildman–Crippen MR) is 81.4 cm³/mol. The van der Waals surface area contributed by atoms with Gasteiger partial charge in [0.05, 0.1) is 10.8 Å². The summed E-state index contributed by atoms with van der Waals surface area (Å²) in [4.78, 5) is 13.9. The number of carbonyl (C=O) groups is 1. The van der Waals surface area contributed by atoms with Crippen molar-refractivity contribution in [2.24, 2.45) is 5.92 Å². The molecule has 0 bridgehead atoms. The van der Waals surface area contributed by atoms with Gasteiger partial charge in [-0.1, -0.05) is 17.7 Å². The highest BCUT2D eigenvalue weighted by molar-refractivity contribution is 7.89. The quantitative estimate of drug-likeness (QED) is 0.850. The van der Waals surface area contributed by atoms with E-state index in [4.69, 9.17) is 0 Å². The second-order valence-corrected chi connectivity index (χ2v) is 7.69. The van der Waals surface area contributed by atoms with Crippen LogP contribution in [0.4, 0.5) is 0 Å². The van der Waals surface area contributed by atoms with Crippen molar-refractivity contribution in [2.45, 2.75) is 24.7 Å². The average molecular weight is 310 g/mol. The zero-order valence-corrected chi connectivity index (χ0v) is 13.6. The minimum Gasteiger partial charge on any atom is -0.349 e. The third-order valence-electron chi connectivity index (χ3n) is 3.83. The van der Waals surface area contributed by atoms with Crippen molar-refractivity contribution in [2.75, 3.05) is 27.2 Å². The number of carbonyl (C=O) groups excluding carboxylic acids is 1. The van der Waals surface area contributed by atoms with Gasteiger partial charge >= 0.3 is 0 Å². The Hall–Kier alpha value is -1.40. The van der Waals surface area contributed by atoms with Crippen molar-refractivity contribution >= 4 is 15.9 Å². The Morgan fingerprint density at radius 3 is 2.43 bits per heavy atom. The highest BCUT2D eigenvalue weighted by atomic mass is 32.2. The number of piperidine rings is 1. The van der Waals surface area contributed by atoms with Crippen LogP contribution in [0, 0.1) is 12.8 Å². The maximum Gasteiger partial charge on any atom is 0.243 e. The van der Waals surface area contributed by atoms with Crippen molar-refractivity contribution in [1.82, 2.24) is 9.21 Å². The summed E-state index contributed by atoms with van der Waals surface area (Å²) in [5, 5.41) is 0. The van der Waals surface area contributed by atoms with Crippen LogP contribution in [0.2, 0.25) is 0 Å². The number of sulfonamides is 1. The molecule has 1 heterocycles.